The van der Waals surface area contributed by atoms with E-state index in [1.165, 1.54) is 0 Å². The third kappa shape index (κ3) is 2.46. The number of hydrogen-bond donors (Lipinski definition) is 1. The molecule has 1 N–H and O–H groups in total. The number of ether oxygens (including phenoxy) is 1. The van der Waals surface area contributed by atoms with Gasteiger partial charge in [-0.3, -0.25) is 4.98 Å². The van der Waals surface area contributed by atoms with Gasteiger partial charge in [-0.15, -0.1) is 0 Å². The first kappa shape index (κ1) is 12.2. The van der Waals surface area contributed by atoms with E-state index in [9.17, 15) is 4.79 Å². The van der Waals surface area contributed by atoms with Crippen LogP contribution in [0.1, 0.15) is 23.3 Å². The fourth-order valence-corrected chi connectivity index (χ4v) is 2.60. The minimum atomic E-state index is -0.404. The van der Waals surface area contributed by atoms with E-state index in [0.29, 0.717) is 0 Å². The summed E-state index contributed by atoms with van der Waals surface area (Å²) in [6.45, 7) is 0. The Hall–Kier alpha value is -1.88. The van der Waals surface area contributed by atoms with Gasteiger partial charge in [-0.05, 0) is 23.8 Å². The van der Waals surface area contributed by atoms with Gasteiger partial charge < -0.3 is 10.1 Å². The van der Waals surface area contributed by atoms with E-state index in [0.717, 1.165) is 15.6 Å². The number of carbonyl (C=O) groups excluding carboxylic acids is 1. The van der Waals surface area contributed by atoms with Gasteiger partial charge in [-0.2, -0.15) is 0 Å². The largest absolute Gasteiger partial charge is 0.439 e. The number of amides is 1. The molecule has 4 nitrogen and oxygen atoms in total. The Labute approximate surface area is 118 Å². The molecule has 3 rings (SSSR count). The zero-order valence-electron chi connectivity index (χ0n) is 9.92. The Morgan fingerprint density at radius 2 is 2.05 bits per heavy atom. The molecule has 2 aromatic rings. The number of cyclic esters (lactones) is 1. The van der Waals surface area contributed by atoms with Gasteiger partial charge in [0.05, 0.1) is 6.04 Å². The van der Waals surface area contributed by atoms with Crippen molar-refractivity contribution in [3.8, 4) is 0 Å². The molecule has 5 heteroatoms. The number of rotatable bonds is 2. The minimum Gasteiger partial charge on any atom is -0.439 e. The lowest BCUT2D eigenvalue weighted by Crippen LogP contribution is -2.19. The summed E-state index contributed by atoms with van der Waals surface area (Å²) >= 11 is 3.43. The van der Waals surface area contributed by atoms with Gasteiger partial charge in [0.15, 0.2) is 6.10 Å². The number of nitrogens with zero attached hydrogens (tertiary/aromatic N) is 1. The standard InChI is InChI=1S/C14H11BrN2O2/c15-11-5-1-3-9(7-11)12-13(19-14(18)17-12)10-4-2-6-16-8-10/h1-8,12-13H,(H,17,18)/t12-,13-/m1/s1. The second-order valence-electron chi connectivity index (χ2n) is 4.29. The van der Waals surface area contributed by atoms with E-state index in [1.54, 1.807) is 12.4 Å². The highest BCUT2D eigenvalue weighted by molar-refractivity contribution is 9.10. The quantitative estimate of drug-likeness (QED) is 0.923. The summed E-state index contributed by atoms with van der Waals surface area (Å²) in [5.41, 5.74) is 1.87. The van der Waals surface area contributed by atoms with Crippen LogP contribution in [0.15, 0.2) is 53.3 Å². The fourth-order valence-electron chi connectivity index (χ4n) is 2.18. The second-order valence-corrected chi connectivity index (χ2v) is 5.20. The highest BCUT2D eigenvalue weighted by Gasteiger charge is 2.36. The van der Waals surface area contributed by atoms with Crippen molar-refractivity contribution in [2.45, 2.75) is 12.1 Å². The van der Waals surface area contributed by atoms with Gasteiger partial charge in [0.2, 0.25) is 0 Å². The molecular formula is C14H11BrN2O2. The Morgan fingerprint density at radius 3 is 2.79 bits per heavy atom. The molecule has 1 aromatic carbocycles. The Morgan fingerprint density at radius 1 is 1.21 bits per heavy atom. The summed E-state index contributed by atoms with van der Waals surface area (Å²) in [6.07, 6.45) is 2.66. The summed E-state index contributed by atoms with van der Waals surface area (Å²) in [4.78, 5) is 15.6. The third-order valence-corrected chi connectivity index (χ3v) is 3.52. The van der Waals surface area contributed by atoms with Crippen molar-refractivity contribution in [1.82, 2.24) is 10.3 Å². The van der Waals surface area contributed by atoms with Crippen molar-refractivity contribution in [2.75, 3.05) is 0 Å². The first-order valence-electron chi connectivity index (χ1n) is 5.86. The Bertz CT molecular complexity index is 603. The van der Waals surface area contributed by atoms with Gasteiger partial charge in [-0.25, -0.2) is 4.79 Å². The topological polar surface area (TPSA) is 51.2 Å². The molecule has 0 bridgehead atoms. The number of carbonyl (C=O) groups is 1. The molecule has 1 saturated heterocycles. The van der Waals surface area contributed by atoms with E-state index in [1.807, 2.05) is 36.4 Å². The monoisotopic (exact) mass is 318 g/mol. The van der Waals surface area contributed by atoms with E-state index in [4.69, 9.17) is 4.74 Å². The molecule has 2 atom stereocenters. The van der Waals surface area contributed by atoms with Gasteiger partial charge in [0.25, 0.3) is 0 Å². The highest BCUT2D eigenvalue weighted by atomic mass is 79.9. The van der Waals surface area contributed by atoms with Gasteiger partial charge in [0.1, 0.15) is 0 Å². The predicted octanol–water partition coefficient (Wildman–Crippen LogP) is 3.37. The average Bonchev–Trinajstić information content (AvgIpc) is 2.82. The molecule has 0 aliphatic carbocycles. The van der Waals surface area contributed by atoms with Crippen LogP contribution in [0.4, 0.5) is 4.79 Å². The zero-order valence-corrected chi connectivity index (χ0v) is 11.5. The maximum absolute atomic E-state index is 11.5. The maximum atomic E-state index is 11.5. The van der Waals surface area contributed by atoms with Crippen LogP contribution >= 0.6 is 15.9 Å². The molecule has 96 valence electrons. The van der Waals surface area contributed by atoms with Crippen LogP contribution in [-0.2, 0) is 4.74 Å². The summed E-state index contributed by atoms with van der Waals surface area (Å²) in [5.74, 6) is 0. The summed E-state index contributed by atoms with van der Waals surface area (Å²) in [5, 5.41) is 2.84. The van der Waals surface area contributed by atoms with Crippen LogP contribution in [0.5, 0.6) is 0 Å². The maximum Gasteiger partial charge on any atom is 0.408 e. The first-order valence-corrected chi connectivity index (χ1v) is 6.66. The fraction of sp³-hybridized carbons (Fsp3) is 0.143. The number of hydrogen-bond acceptors (Lipinski definition) is 3. The highest BCUT2D eigenvalue weighted by Crippen LogP contribution is 2.36. The van der Waals surface area contributed by atoms with E-state index < -0.39 is 6.09 Å². The van der Waals surface area contributed by atoms with E-state index in [2.05, 4.69) is 26.2 Å². The first-order chi connectivity index (χ1) is 9.24. The minimum absolute atomic E-state index is 0.200. The van der Waals surface area contributed by atoms with Gasteiger partial charge in [-0.1, -0.05) is 34.1 Å². The SMILES string of the molecule is O=C1N[C@H](c2cccc(Br)c2)[C@@H](c2cccnc2)O1. The van der Waals surface area contributed by atoms with Gasteiger partial charge >= 0.3 is 6.09 Å². The van der Waals surface area contributed by atoms with Crippen molar-refractivity contribution in [2.24, 2.45) is 0 Å². The Balaban J connectivity index is 1.97. The molecule has 1 aliphatic heterocycles. The zero-order chi connectivity index (χ0) is 13.2. The molecule has 1 aliphatic rings. The van der Waals surface area contributed by atoms with E-state index >= 15 is 0 Å². The lowest BCUT2D eigenvalue weighted by Gasteiger charge is -2.17. The van der Waals surface area contributed by atoms with Crippen molar-refractivity contribution >= 4 is 22.0 Å². The summed E-state index contributed by atoms with van der Waals surface area (Å²) < 4.78 is 6.32. The lowest BCUT2D eigenvalue weighted by molar-refractivity contribution is 0.132. The van der Waals surface area contributed by atoms with Crippen molar-refractivity contribution in [3.63, 3.8) is 0 Å². The van der Waals surface area contributed by atoms with E-state index in [-0.39, 0.29) is 12.1 Å². The molecular weight excluding hydrogens is 308 g/mol. The van der Waals surface area contributed by atoms with Crippen LogP contribution in [-0.4, -0.2) is 11.1 Å². The number of benzene rings is 1. The number of aromatic nitrogens is 1. The Kier molecular flexibility index (Phi) is 3.21. The number of nitrogens with one attached hydrogen (secondary N) is 1. The molecule has 0 spiro atoms. The number of pyridine rings is 1. The molecule has 0 unspecified atom stereocenters. The third-order valence-electron chi connectivity index (χ3n) is 3.03. The lowest BCUT2D eigenvalue weighted by atomic mass is 9.98. The van der Waals surface area contributed by atoms with Crippen LogP contribution < -0.4 is 5.32 Å². The molecule has 19 heavy (non-hydrogen) atoms. The van der Waals surface area contributed by atoms with Crippen LogP contribution in [0.3, 0.4) is 0 Å². The predicted molar refractivity (Wildman–Crippen MR) is 73.5 cm³/mol. The van der Waals surface area contributed by atoms with Crippen LogP contribution in [0.2, 0.25) is 0 Å². The molecule has 2 heterocycles. The smallest absolute Gasteiger partial charge is 0.408 e. The van der Waals surface area contributed by atoms with Crippen LogP contribution in [0, 0.1) is 0 Å². The molecule has 1 amide bonds. The normalized spacial score (nSPS) is 21.8. The number of alkyl carbamates (subject to hydrolysis) is 1. The second kappa shape index (κ2) is 5.01. The van der Waals surface area contributed by atoms with Crippen molar-refractivity contribution in [1.29, 1.82) is 0 Å². The van der Waals surface area contributed by atoms with Crippen LogP contribution in [0.25, 0.3) is 0 Å². The summed E-state index contributed by atoms with van der Waals surface area (Å²) in [6, 6.07) is 11.4. The van der Waals surface area contributed by atoms with Gasteiger partial charge in [0, 0.05) is 22.4 Å². The number of halogens is 1. The molecule has 0 radical (unpaired) electrons. The summed E-state index contributed by atoms with van der Waals surface area (Å²) in [7, 11) is 0. The molecule has 0 saturated carbocycles. The average molecular weight is 319 g/mol. The molecule has 1 aromatic heterocycles. The van der Waals surface area contributed by atoms with Crippen molar-refractivity contribution < 1.29 is 9.53 Å². The molecule has 1 fully saturated rings. The van der Waals surface area contributed by atoms with Crippen molar-refractivity contribution in [3.05, 3.63) is 64.4 Å².